The van der Waals surface area contributed by atoms with Crippen molar-refractivity contribution >= 4 is 0 Å². The second-order valence-electron chi connectivity index (χ2n) is 3.70. The van der Waals surface area contributed by atoms with Crippen LogP contribution in [0.3, 0.4) is 0 Å². The smallest absolute Gasteiger partial charge is 0.123 e. The first-order chi connectivity index (χ1) is 8.20. The molecule has 0 saturated heterocycles. The minimum absolute atomic E-state index is 0.281. The van der Waals surface area contributed by atoms with Gasteiger partial charge in [0.25, 0.3) is 0 Å². The Morgan fingerprint density at radius 1 is 0.765 bits per heavy atom. The molecule has 0 aliphatic heterocycles. The van der Waals surface area contributed by atoms with E-state index in [-0.39, 0.29) is 17.6 Å². The summed E-state index contributed by atoms with van der Waals surface area (Å²) < 4.78 is 25.6. The lowest BCUT2D eigenvalue weighted by Gasteiger charge is -2.11. The lowest BCUT2D eigenvalue weighted by molar-refractivity contribution is 0.626. The van der Waals surface area contributed by atoms with E-state index in [4.69, 9.17) is 6.42 Å². The van der Waals surface area contributed by atoms with Gasteiger partial charge in [0.15, 0.2) is 0 Å². The molecule has 0 N–H and O–H groups in total. The van der Waals surface area contributed by atoms with E-state index in [0.717, 1.165) is 11.1 Å². The third-order valence-electron chi connectivity index (χ3n) is 2.57. The molecule has 2 heteroatoms. The lowest BCUT2D eigenvalue weighted by Crippen LogP contribution is -1.98. The van der Waals surface area contributed by atoms with Gasteiger partial charge in [-0.05, 0) is 35.4 Å². The zero-order chi connectivity index (χ0) is 12.3. The molecule has 0 aliphatic carbocycles. The van der Waals surface area contributed by atoms with Gasteiger partial charge in [-0.15, -0.1) is 6.42 Å². The SMILES string of the molecule is C#CC(c1ccc(F)cc1)c1ccc(F)cc1. The van der Waals surface area contributed by atoms with Gasteiger partial charge in [0.2, 0.25) is 0 Å². The highest BCUT2D eigenvalue weighted by molar-refractivity contribution is 5.39. The molecule has 0 fully saturated rings. The molecule has 0 nitrogen and oxygen atoms in total. The molecule has 0 aromatic heterocycles. The predicted octanol–water partition coefficient (Wildman–Crippen LogP) is 3.73. The second-order valence-corrected chi connectivity index (χ2v) is 3.70. The van der Waals surface area contributed by atoms with Gasteiger partial charge in [-0.2, -0.15) is 0 Å². The zero-order valence-electron chi connectivity index (χ0n) is 9.03. The maximum Gasteiger partial charge on any atom is 0.123 e. The van der Waals surface area contributed by atoms with Gasteiger partial charge in [0.05, 0.1) is 5.92 Å². The van der Waals surface area contributed by atoms with Crippen molar-refractivity contribution in [1.82, 2.24) is 0 Å². The fourth-order valence-corrected chi connectivity index (χ4v) is 1.70. The van der Waals surface area contributed by atoms with E-state index in [2.05, 4.69) is 5.92 Å². The Morgan fingerprint density at radius 2 is 1.12 bits per heavy atom. The molecular formula is C15H10F2. The van der Waals surface area contributed by atoms with Crippen molar-refractivity contribution in [2.75, 3.05) is 0 Å². The Kier molecular flexibility index (Phi) is 3.20. The van der Waals surface area contributed by atoms with Gasteiger partial charge in [-0.1, -0.05) is 30.2 Å². The van der Waals surface area contributed by atoms with E-state index < -0.39 is 0 Å². The summed E-state index contributed by atoms with van der Waals surface area (Å²) in [5.74, 6) is 1.74. The Bertz CT molecular complexity index is 487. The van der Waals surface area contributed by atoms with Crippen LogP contribution in [0.15, 0.2) is 48.5 Å². The highest BCUT2D eigenvalue weighted by Crippen LogP contribution is 2.24. The fraction of sp³-hybridized carbons (Fsp3) is 0.0667. The maximum absolute atomic E-state index is 12.8. The molecular weight excluding hydrogens is 218 g/mol. The van der Waals surface area contributed by atoms with E-state index in [0.29, 0.717) is 0 Å². The highest BCUT2D eigenvalue weighted by atomic mass is 19.1. The number of halogens is 2. The monoisotopic (exact) mass is 228 g/mol. The Labute approximate surface area is 98.9 Å². The van der Waals surface area contributed by atoms with Crippen LogP contribution in [0.25, 0.3) is 0 Å². The van der Waals surface area contributed by atoms with Gasteiger partial charge < -0.3 is 0 Å². The van der Waals surface area contributed by atoms with Crippen LogP contribution in [0.1, 0.15) is 17.0 Å². The van der Waals surface area contributed by atoms with Crippen LogP contribution in [0, 0.1) is 24.0 Å². The molecule has 0 spiro atoms. The average molecular weight is 228 g/mol. The molecule has 0 amide bonds. The normalized spacial score (nSPS) is 10.2. The highest BCUT2D eigenvalue weighted by Gasteiger charge is 2.11. The summed E-state index contributed by atoms with van der Waals surface area (Å²) >= 11 is 0. The molecule has 0 radical (unpaired) electrons. The van der Waals surface area contributed by atoms with Crippen molar-refractivity contribution < 1.29 is 8.78 Å². The fourth-order valence-electron chi connectivity index (χ4n) is 1.70. The minimum Gasteiger partial charge on any atom is -0.207 e. The van der Waals surface area contributed by atoms with Gasteiger partial charge in [0.1, 0.15) is 11.6 Å². The Morgan fingerprint density at radius 3 is 1.41 bits per heavy atom. The van der Waals surface area contributed by atoms with Gasteiger partial charge in [0, 0.05) is 0 Å². The van der Waals surface area contributed by atoms with Crippen LogP contribution >= 0.6 is 0 Å². The third kappa shape index (κ3) is 2.51. The molecule has 0 heterocycles. The average Bonchev–Trinajstić information content (AvgIpc) is 2.35. The van der Waals surface area contributed by atoms with Gasteiger partial charge in [-0.3, -0.25) is 0 Å². The number of benzene rings is 2. The van der Waals surface area contributed by atoms with Crippen LogP contribution in [-0.2, 0) is 0 Å². The topological polar surface area (TPSA) is 0 Å². The standard InChI is InChI=1S/C15H10F2/c1-2-15(11-3-7-13(16)8-4-11)12-5-9-14(17)10-6-12/h1,3-10,15H. The van der Waals surface area contributed by atoms with Crippen molar-refractivity contribution in [2.45, 2.75) is 5.92 Å². The molecule has 0 atom stereocenters. The number of rotatable bonds is 2. The van der Waals surface area contributed by atoms with Gasteiger partial charge >= 0.3 is 0 Å². The lowest BCUT2D eigenvalue weighted by atomic mass is 9.92. The molecule has 0 aliphatic rings. The minimum atomic E-state index is -0.302. The molecule has 84 valence electrons. The number of terminal acetylenes is 1. The van der Waals surface area contributed by atoms with E-state index in [1.165, 1.54) is 24.3 Å². The molecule has 2 aromatic rings. The molecule has 2 aromatic carbocycles. The van der Waals surface area contributed by atoms with Crippen molar-refractivity contribution in [3.8, 4) is 12.3 Å². The summed E-state index contributed by atoms with van der Waals surface area (Å²) in [6.45, 7) is 0. The third-order valence-corrected chi connectivity index (χ3v) is 2.57. The Balaban J connectivity index is 2.37. The maximum atomic E-state index is 12.8. The van der Waals surface area contributed by atoms with E-state index in [1.807, 2.05) is 0 Å². The number of hydrogen-bond acceptors (Lipinski definition) is 0. The largest absolute Gasteiger partial charge is 0.207 e. The van der Waals surface area contributed by atoms with Crippen LogP contribution in [-0.4, -0.2) is 0 Å². The van der Waals surface area contributed by atoms with Gasteiger partial charge in [-0.25, -0.2) is 8.78 Å². The zero-order valence-corrected chi connectivity index (χ0v) is 9.03. The summed E-state index contributed by atoms with van der Waals surface area (Å²) in [6, 6.07) is 12.0. The molecule has 0 unspecified atom stereocenters. The first-order valence-electron chi connectivity index (χ1n) is 5.18. The summed E-state index contributed by atoms with van der Waals surface area (Å²) in [7, 11) is 0. The molecule has 2 rings (SSSR count). The van der Waals surface area contributed by atoms with Crippen molar-refractivity contribution in [1.29, 1.82) is 0 Å². The van der Waals surface area contributed by atoms with E-state index >= 15 is 0 Å². The predicted molar refractivity (Wildman–Crippen MR) is 63.5 cm³/mol. The molecule has 0 bridgehead atoms. The first-order valence-corrected chi connectivity index (χ1v) is 5.18. The summed E-state index contributed by atoms with van der Waals surface area (Å²) in [5, 5.41) is 0. The molecule has 17 heavy (non-hydrogen) atoms. The van der Waals surface area contributed by atoms with Crippen molar-refractivity contribution in [3.05, 3.63) is 71.3 Å². The van der Waals surface area contributed by atoms with Crippen molar-refractivity contribution in [2.24, 2.45) is 0 Å². The van der Waals surface area contributed by atoms with Crippen molar-refractivity contribution in [3.63, 3.8) is 0 Å². The van der Waals surface area contributed by atoms with Crippen LogP contribution < -0.4 is 0 Å². The quantitative estimate of drug-likeness (QED) is 0.687. The Hall–Kier alpha value is -2.14. The summed E-state index contributed by atoms with van der Waals surface area (Å²) in [5.41, 5.74) is 1.64. The van der Waals surface area contributed by atoms with Crippen LogP contribution in [0.5, 0.6) is 0 Å². The van der Waals surface area contributed by atoms with Crippen LogP contribution in [0.2, 0.25) is 0 Å². The van der Waals surface area contributed by atoms with E-state index in [9.17, 15) is 8.78 Å². The summed E-state index contributed by atoms with van der Waals surface area (Å²) in [6.07, 6.45) is 5.48. The number of hydrogen-bond donors (Lipinski definition) is 0. The van der Waals surface area contributed by atoms with E-state index in [1.54, 1.807) is 24.3 Å². The molecule has 0 saturated carbocycles. The first kappa shape index (κ1) is 11.3. The van der Waals surface area contributed by atoms with Crippen LogP contribution in [0.4, 0.5) is 8.78 Å². The second kappa shape index (κ2) is 4.80. The summed E-state index contributed by atoms with van der Waals surface area (Å²) in [4.78, 5) is 0.